The topological polar surface area (TPSA) is 44.3 Å². The predicted octanol–water partition coefficient (Wildman–Crippen LogP) is 5.55. The third-order valence-corrected chi connectivity index (χ3v) is 7.69. The van der Waals surface area contributed by atoms with Crippen molar-refractivity contribution in [2.24, 2.45) is 0 Å². The first-order valence-electron chi connectivity index (χ1n) is 13.1. The van der Waals surface area contributed by atoms with Gasteiger partial charge in [0.25, 0.3) is 0 Å². The second kappa shape index (κ2) is 9.62. The SMILES string of the molecule is Cc1ccc(C)c(-c2nc3c(c(N4CCNC[C@H]4C)n2)CN(c2cc(C(C)C)ccc2C)CC3)c1. The average Bonchev–Trinajstić information content (AvgIpc) is 2.85. The minimum atomic E-state index is 0.399. The van der Waals surface area contributed by atoms with Crippen molar-refractivity contribution in [3.05, 3.63) is 69.9 Å². The van der Waals surface area contributed by atoms with Gasteiger partial charge in [0.05, 0.1) is 5.69 Å². The number of anilines is 2. The van der Waals surface area contributed by atoms with Crippen LogP contribution in [0.15, 0.2) is 36.4 Å². The molecule has 0 unspecified atom stereocenters. The Morgan fingerprint density at radius 2 is 1.77 bits per heavy atom. The summed E-state index contributed by atoms with van der Waals surface area (Å²) in [6.45, 7) is 18.2. The molecule has 0 spiro atoms. The molecule has 0 aliphatic carbocycles. The molecule has 0 bridgehead atoms. The molecule has 5 heteroatoms. The summed E-state index contributed by atoms with van der Waals surface area (Å²) in [5.74, 6) is 2.52. The highest BCUT2D eigenvalue weighted by Gasteiger charge is 2.29. The van der Waals surface area contributed by atoms with Gasteiger partial charge >= 0.3 is 0 Å². The molecule has 184 valence electrons. The minimum absolute atomic E-state index is 0.399. The molecular formula is C30H39N5. The summed E-state index contributed by atoms with van der Waals surface area (Å²) in [6.07, 6.45) is 0.939. The van der Waals surface area contributed by atoms with Crippen molar-refractivity contribution < 1.29 is 0 Å². The molecule has 3 aromatic rings. The van der Waals surface area contributed by atoms with Gasteiger partial charge in [0.2, 0.25) is 0 Å². The lowest BCUT2D eigenvalue weighted by Gasteiger charge is -2.39. The van der Waals surface area contributed by atoms with Crippen LogP contribution >= 0.6 is 0 Å². The van der Waals surface area contributed by atoms with E-state index in [1.165, 1.54) is 39.2 Å². The highest BCUT2D eigenvalue weighted by molar-refractivity contribution is 5.67. The fourth-order valence-corrected chi connectivity index (χ4v) is 5.42. The Balaban J connectivity index is 1.61. The Kier molecular flexibility index (Phi) is 6.54. The summed E-state index contributed by atoms with van der Waals surface area (Å²) in [5, 5.41) is 3.54. The highest BCUT2D eigenvalue weighted by Crippen LogP contribution is 2.35. The number of aromatic nitrogens is 2. The van der Waals surface area contributed by atoms with Crippen LogP contribution < -0.4 is 15.1 Å². The number of aryl methyl sites for hydroxylation is 3. The monoisotopic (exact) mass is 469 g/mol. The molecule has 35 heavy (non-hydrogen) atoms. The summed E-state index contributed by atoms with van der Waals surface area (Å²) >= 11 is 0. The zero-order valence-electron chi connectivity index (χ0n) is 22.2. The van der Waals surface area contributed by atoms with Crippen molar-refractivity contribution >= 4 is 11.5 Å². The van der Waals surface area contributed by atoms with E-state index in [1.54, 1.807) is 0 Å². The number of nitrogens with zero attached hydrogens (tertiary/aromatic N) is 4. The first-order chi connectivity index (χ1) is 16.8. The average molecular weight is 470 g/mol. The first-order valence-corrected chi connectivity index (χ1v) is 13.1. The van der Waals surface area contributed by atoms with Crippen LogP contribution in [0.2, 0.25) is 0 Å². The van der Waals surface area contributed by atoms with Crippen molar-refractivity contribution in [3.8, 4) is 11.4 Å². The zero-order chi connectivity index (χ0) is 24.7. The van der Waals surface area contributed by atoms with Crippen molar-refractivity contribution in [1.82, 2.24) is 15.3 Å². The quantitative estimate of drug-likeness (QED) is 0.542. The lowest BCUT2D eigenvalue weighted by Crippen LogP contribution is -2.51. The molecule has 2 aromatic carbocycles. The Hall–Kier alpha value is -2.92. The van der Waals surface area contributed by atoms with E-state index in [4.69, 9.17) is 9.97 Å². The smallest absolute Gasteiger partial charge is 0.162 e. The minimum Gasteiger partial charge on any atom is -0.366 e. The lowest BCUT2D eigenvalue weighted by atomic mass is 9.97. The normalized spacial score (nSPS) is 18.2. The van der Waals surface area contributed by atoms with Gasteiger partial charge in [-0.1, -0.05) is 43.7 Å². The Labute approximate surface area is 210 Å². The molecule has 1 atom stereocenters. The number of hydrogen-bond donors (Lipinski definition) is 1. The van der Waals surface area contributed by atoms with Gasteiger partial charge in [0.1, 0.15) is 5.82 Å². The van der Waals surface area contributed by atoms with Crippen LogP contribution in [0.3, 0.4) is 0 Å². The number of rotatable bonds is 4. The molecule has 1 saturated heterocycles. The van der Waals surface area contributed by atoms with Crippen molar-refractivity contribution in [2.75, 3.05) is 36.0 Å². The van der Waals surface area contributed by atoms with Crippen molar-refractivity contribution in [3.63, 3.8) is 0 Å². The summed E-state index contributed by atoms with van der Waals surface area (Å²) in [5.41, 5.74) is 10.2. The Morgan fingerprint density at radius 1 is 0.971 bits per heavy atom. The van der Waals surface area contributed by atoms with Crippen molar-refractivity contribution in [1.29, 1.82) is 0 Å². The molecule has 0 radical (unpaired) electrons. The fourth-order valence-electron chi connectivity index (χ4n) is 5.42. The summed E-state index contributed by atoms with van der Waals surface area (Å²) in [4.78, 5) is 15.5. The zero-order valence-corrected chi connectivity index (χ0v) is 22.2. The van der Waals surface area contributed by atoms with E-state index in [1.807, 2.05) is 0 Å². The number of nitrogens with one attached hydrogen (secondary N) is 1. The van der Waals surface area contributed by atoms with Crippen LogP contribution in [0.25, 0.3) is 11.4 Å². The van der Waals surface area contributed by atoms with Crippen LogP contribution in [0.4, 0.5) is 11.5 Å². The van der Waals surface area contributed by atoms with Gasteiger partial charge in [-0.05, 0) is 62.4 Å². The first kappa shape index (κ1) is 23.8. The molecule has 0 saturated carbocycles. The van der Waals surface area contributed by atoms with Crippen LogP contribution in [-0.4, -0.2) is 42.2 Å². The molecule has 0 amide bonds. The predicted molar refractivity (Wildman–Crippen MR) is 147 cm³/mol. The maximum Gasteiger partial charge on any atom is 0.162 e. The van der Waals surface area contributed by atoms with Gasteiger partial charge in [0.15, 0.2) is 5.82 Å². The number of piperazine rings is 1. The fraction of sp³-hybridized carbons (Fsp3) is 0.467. The Bertz CT molecular complexity index is 1230. The van der Waals surface area contributed by atoms with E-state index in [-0.39, 0.29) is 0 Å². The molecule has 2 aliphatic heterocycles. The van der Waals surface area contributed by atoms with Gasteiger partial charge in [-0.25, -0.2) is 9.97 Å². The van der Waals surface area contributed by atoms with Gasteiger partial charge in [-0.15, -0.1) is 0 Å². The molecule has 1 fully saturated rings. The van der Waals surface area contributed by atoms with E-state index in [9.17, 15) is 0 Å². The largest absolute Gasteiger partial charge is 0.366 e. The lowest BCUT2D eigenvalue weighted by molar-refractivity contribution is 0.494. The third-order valence-electron chi connectivity index (χ3n) is 7.69. The molecule has 5 nitrogen and oxygen atoms in total. The molecule has 1 aromatic heterocycles. The molecule has 1 N–H and O–H groups in total. The van der Waals surface area contributed by atoms with Crippen LogP contribution in [-0.2, 0) is 13.0 Å². The van der Waals surface area contributed by atoms with Gasteiger partial charge < -0.3 is 15.1 Å². The molecule has 5 rings (SSSR count). The van der Waals surface area contributed by atoms with E-state index in [0.29, 0.717) is 12.0 Å². The van der Waals surface area contributed by atoms with Crippen LogP contribution in [0.1, 0.15) is 60.2 Å². The van der Waals surface area contributed by atoms with Crippen molar-refractivity contribution in [2.45, 2.75) is 66.5 Å². The molecular weight excluding hydrogens is 430 g/mol. The summed E-state index contributed by atoms with van der Waals surface area (Å²) in [7, 11) is 0. The number of benzene rings is 2. The van der Waals surface area contributed by atoms with Crippen LogP contribution in [0, 0.1) is 20.8 Å². The highest BCUT2D eigenvalue weighted by atomic mass is 15.3. The second-order valence-electron chi connectivity index (χ2n) is 10.7. The number of fused-ring (bicyclic) bond motifs is 1. The summed E-state index contributed by atoms with van der Waals surface area (Å²) in [6, 6.07) is 13.9. The van der Waals surface area contributed by atoms with Gasteiger partial charge in [0, 0.05) is 62.0 Å². The maximum absolute atomic E-state index is 5.29. The van der Waals surface area contributed by atoms with E-state index in [2.05, 4.69) is 93.1 Å². The second-order valence-corrected chi connectivity index (χ2v) is 10.7. The van der Waals surface area contributed by atoms with E-state index >= 15 is 0 Å². The third kappa shape index (κ3) is 4.66. The summed E-state index contributed by atoms with van der Waals surface area (Å²) < 4.78 is 0. The van der Waals surface area contributed by atoms with E-state index < -0.39 is 0 Å². The van der Waals surface area contributed by atoms with Gasteiger partial charge in [-0.3, -0.25) is 0 Å². The number of hydrogen-bond acceptors (Lipinski definition) is 5. The maximum atomic E-state index is 5.29. The van der Waals surface area contributed by atoms with Crippen LogP contribution in [0.5, 0.6) is 0 Å². The van der Waals surface area contributed by atoms with Gasteiger partial charge in [-0.2, -0.15) is 0 Å². The molecule has 2 aliphatic rings. The molecule has 3 heterocycles. The standard InChI is InChI=1S/C30H39N5/c1-19(2)24-10-9-22(5)28(16-24)34-13-11-27-26(18-34)30(35-14-12-31-17-23(35)6)33-29(32-27)25-15-20(3)7-8-21(25)4/h7-10,15-16,19,23,31H,11-14,17-18H2,1-6H3/t23-/m1/s1. The Morgan fingerprint density at radius 3 is 2.54 bits per heavy atom. The van der Waals surface area contributed by atoms with E-state index in [0.717, 1.165) is 56.4 Å².